The molecule has 0 atom stereocenters. The molecule has 1 aromatic rings. The Kier molecular flexibility index (Phi) is 6.06. The first kappa shape index (κ1) is 16.3. The number of hydrogen-bond acceptors (Lipinski definition) is 3. The van der Waals surface area contributed by atoms with Crippen LogP contribution in [0, 0.1) is 0 Å². The fourth-order valence-electron chi connectivity index (χ4n) is 2.71. The highest BCUT2D eigenvalue weighted by atomic mass is 79.9. The first-order valence-electron chi connectivity index (χ1n) is 7.61. The highest BCUT2D eigenvalue weighted by Crippen LogP contribution is 2.26. The van der Waals surface area contributed by atoms with Crippen LogP contribution in [0.1, 0.15) is 25.8 Å². The molecule has 4 nitrogen and oxygen atoms in total. The number of anilines is 1. The summed E-state index contributed by atoms with van der Waals surface area (Å²) in [6.45, 7) is 9.19. The zero-order chi connectivity index (χ0) is 15.2. The first-order valence-corrected chi connectivity index (χ1v) is 8.40. The minimum Gasteiger partial charge on any atom is -0.369 e. The van der Waals surface area contributed by atoms with Crippen molar-refractivity contribution in [2.75, 3.05) is 37.6 Å². The monoisotopic (exact) mass is 353 g/mol. The Bertz CT molecular complexity index is 492. The number of nitrogens with zero attached hydrogens (tertiary/aromatic N) is 2. The van der Waals surface area contributed by atoms with Gasteiger partial charge in [-0.15, -0.1) is 0 Å². The van der Waals surface area contributed by atoms with E-state index in [2.05, 4.69) is 51.3 Å². The van der Waals surface area contributed by atoms with Gasteiger partial charge >= 0.3 is 0 Å². The topological polar surface area (TPSA) is 35.6 Å². The van der Waals surface area contributed by atoms with E-state index in [4.69, 9.17) is 0 Å². The molecule has 0 unspecified atom stereocenters. The quantitative estimate of drug-likeness (QED) is 0.903. The standard InChI is InChI=1S/C16H24BrN3O/c1-3-18-12-14-5-6-15(17)11-16(14)20-8-4-7-19(9-10-20)13(2)21/h5-6,11,18H,3-4,7-10,12H2,1-2H3. The zero-order valence-electron chi connectivity index (χ0n) is 12.9. The summed E-state index contributed by atoms with van der Waals surface area (Å²) in [5, 5.41) is 3.40. The van der Waals surface area contributed by atoms with Gasteiger partial charge in [0, 0.05) is 49.8 Å². The highest BCUT2D eigenvalue weighted by molar-refractivity contribution is 9.10. The van der Waals surface area contributed by atoms with Gasteiger partial charge in [-0.25, -0.2) is 0 Å². The Balaban J connectivity index is 2.16. The lowest BCUT2D eigenvalue weighted by atomic mass is 10.1. The summed E-state index contributed by atoms with van der Waals surface area (Å²) >= 11 is 3.57. The molecule has 0 radical (unpaired) electrons. The van der Waals surface area contributed by atoms with Crippen molar-refractivity contribution in [3.05, 3.63) is 28.2 Å². The van der Waals surface area contributed by atoms with Crippen LogP contribution in [0.3, 0.4) is 0 Å². The van der Waals surface area contributed by atoms with Crippen LogP contribution < -0.4 is 10.2 Å². The molecule has 5 heteroatoms. The molecule has 0 saturated carbocycles. The van der Waals surface area contributed by atoms with Crippen molar-refractivity contribution >= 4 is 27.5 Å². The number of halogens is 1. The summed E-state index contributed by atoms with van der Waals surface area (Å²) in [5.41, 5.74) is 2.59. The summed E-state index contributed by atoms with van der Waals surface area (Å²) in [4.78, 5) is 15.9. The van der Waals surface area contributed by atoms with Gasteiger partial charge in [-0.1, -0.05) is 28.9 Å². The van der Waals surface area contributed by atoms with E-state index in [-0.39, 0.29) is 5.91 Å². The van der Waals surface area contributed by atoms with Crippen molar-refractivity contribution < 1.29 is 4.79 Å². The molecule has 116 valence electrons. The number of rotatable bonds is 4. The Morgan fingerprint density at radius 1 is 1.29 bits per heavy atom. The molecular formula is C16H24BrN3O. The van der Waals surface area contributed by atoms with Crippen molar-refractivity contribution in [2.24, 2.45) is 0 Å². The van der Waals surface area contributed by atoms with E-state index in [1.165, 1.54) is 11.3 Å². The molecule has 1 heterocycles. The van der Waals surface area contributed by atoms with Crippen LogP contribution in [-0.4, -0.2) is 43.5 Å². The second-order valence-corrected chi connectivity index (χ2v) is 6.32. The Labute approximate surface area is 135 Å². The van der Waals surface area contributed by atoms with Gasteiger partial charge in [0.1, 0.15) is 0 Å². The van der Waals surface area contributed by atoms with Crippen molar-refractivity contribution in [3.63, 3.8) is 0 Å². The third-order valence-electron chi connectivity index (χ3n) is 3.89. The van der Waals surface area contributed by atoms with E-state index >= 15 is 0 Å². The SMILES string of the molecule is CCNCc1ccc(Br)cc1N1CCCN(C(C)=O)CC1. The van der Waals surface area contributed by atoms with Crippen molar-refractivity contribution in [1.82, 2.24) is 10.2 Å². The maximum absolute atomic E-state index is 11.5. The molecular weight excluding hydrogens is 330 g/mol. The molecule has 0 bridgehead atoms. The molecule has 1 fully saturated rings. The molecule has 1 aliphatic rings. The van der Waals surface area contributed by atoms with E-state index in [1.54, 1.807) is 6.92 Å². The molecule has 1 amide bonds. The van der Waals surface area contributed by atoms with Crippen LogP contribution in [0.5, 0.6) is 0 Å². The number of carbonyl (C=O) groups is 1. The second kappa shape index (κ2) is 7.80. The van der Waals surface area contributed by atoms with Crippen LogP contribution in [0.15, 0.2) is 22.7 Å². The fourth-order valence-corrected chi connectivity index (χ4v) is 3.06. The van der Waals surface area contributed by atoms with Gasteiger partial charge in [-0.2, -0.15) is 0 Å². The van der Waals surface area contributed by atoms with Crippen LogP contribution in [0.4, 0.5) is 5.69 Å². The third kappa shape index (κ3) is 4.45. The van der Waals surface area contributed by atoms with Crippen LogP contribution in [0.25, 0.3) is 0 Å². The summed E-state index contributed by atoms with van der Waals surface area (Å²) in [6, 6.07) is 6.46. The van der Waals surface area contributed by atoms with E-state index in [1.807, 2.05) is 4.90 Å². The van der Waals surface area contributed by atoms with E-state index < -0.39 is 0 Å². The van der Waals surface area contributed by atoms with Crippen molar-refractivity contribution in [2.45, 2.75) is 26.8 Å². The largest absolute Gasteiger partial charge is 0.369 e. The number of amides is 1. The lowest BCUT2D eigenvalue weighted by Gasteiger charge is -2.26. The average Bonchev–Trinajstić information content (AvgIpc) is 2.72. The molecule has 0 aliphatic carbocycles. The third-order valence-corrected chi connectivity index (χ3v) is 4.39. The summed E-state index contributed by atoms with van der Waals surface area (Å²) in [5.74, 6) is 0.180. The van der Waals surface area contributed by atoms with Gasteiger partial charge in [-0.3, -0.25) is 4.79 Å². The minimum absolute atomic E-state index is 0.180. The summed E-state index contributed by atoms with van der Waals surface area (Å²) in [6.07, 6.45) is 1.02. The fraction of sp³-hybridized carbons (Fsp3) is 0.562. The van der Waals surface area contributed by atoms with E-state index in [9.17, 15) is 4.79 Å². The number of benzene rings is 1. The first-order chi connectivity index (χ1) is 10.1. The van der Waals surface area contributed by atoms with Gasteiger partial charge in [-0.05, 0) is 30.7 Å². The molecule has 0 spiro atoms. The minimum atomic E-state index is 0.180. The van der Waals surface area contributed by atoms with Gasteiger partial charge in [0.2, 0.25) is 5.91 Å². The van der Waals surface area contributed by atoms with E-state index in [0.29, 0.717) is 0 Å². The zero-order valence-corrected chi connectivity index (χ0v) is 14.4. The lowest BCUT2D eigenvalue weighted by Crippen LogP contribution is -2.34. The lowest BCUT2D eigenvalue weighted by molar-refractivity contribution is -0.128. The maximum Gasteiger partial charge on any atom is 0.219 e. The number of nitrogens with one attached hydrogen (secondary N) is 1. The van der Waals surface area contributed by atoms with Gasteiger partial charge in [0.05, 0.1) is 0 Å². The normalized spacial score (nSPS) is 16.0. The Hall–Kier alpha value is -1.07. The molecule has 21 heavy (non-hydrogen) atoms. The van der Waals surface area contributed by atoms with Crippen LogP contribution in [0.2, 0.25) is 0 Å². The average molecular weight is 354 g/mol. The molecule has 1 N–H and O–H groups in total. The van der Waals surface area contributed by atoms with Gasteiger partial charge < -0.3 is 15.1 Å². The summed E-state index contributed by atoms with van der Waals surface area (Å²) in [7, 11) is 0. The molecule has 1 saturated heterocycles. The Morgan fingerprint density at radius 3 is 2.81 bits per heavy atom. The molecule has 2 rings (SSSR count). The maximum atomic E-state index is 11.5. The molecule has 1 aliphatic heterocycles. The molecule has 1 aromatic carbocycles. The van der Waals surface area contributed by atoms with Gasteiger partial charge in [0.25, 0.3) is 0 Å². The smallest absolute Gasteiger partial charge is 0.219 e. The number of carbonyl (C=O) groups excluding carboxylic acids is 1. The van der Waals surface area contributed by atoms with Crippen molar-refractivity contribution in [1.29, 1.82) is 0 Å². The predicted octanol–water partition coefficient (Wildman–Crippen LogP) is 2.62. The molecule has 0 aromatic heterocycles. The predicted molar refractivity (Wildman–Crippen MR) is 90.6 cm³/mol. The Morgan fingerprint density at radius 2 is 2.10 bits per heavy atom. The van der Waals surface area contributed by atoms with E-state index in [0.717, 1.165) is 50.2 Å². The second-order valence-electron chi connectivity index (χ2n) is 5.40. The number of hydrogen-bond donors (Lipinski definition) is 1. The summed E-state index contributed by atoms with van der Waals surface area (Å²) < 4.78 is 1.10. The van der Waals surface area contributed by atoms with Gasteiger partial charge in [0.15, 0.2) is 0 Å². The van der Waals surface area contributed by atoms with Crippen LogP contribution >= 0.6 is 15.9 Å². The van der Waals surface area contributed by atoms with Crippen molar-refractivity contribution in [3.8, 4) is 0 Å². The van der Waals surface area contributed by atoms with Crippen LogP contribution in [-0.2, 0) is 11.3 Å². The highest BCUT2D eigenvalue weighted by Gasteiger charge is 2.18.